The third-order valence-corrected chi connectivity index (χ3v) is 2.67. The second kappa shape index (κ2) is 5.73. The van der Waals surface area contributed by atoms with Crippen LogP contribution in [0.4, 0.5) is 5.69 Å². The SMILES string of the molecule is COc1ccc(-c2ccc(CO)o2)c(NC(N)=S)c1. The second-order valence-corrected chi connectivity index (χ2v) is 4.26. The molecule has 0 spiro atoms. The molecule has 1 aromatic carbocycles. The molecule has 5 nitrogen and oxygen atoms in total. The highest BCUT2D eigenvalue weighted by Crippen LogP contribution is 2.32. The molecule has 0 aliphatic carbocycles. The molecule has 0 radical (unpaired) electrons. The molecule has 100 valence electrons. The molecule has 1 aromatic heterocycles. The number of nitrogens with one attached hydrogen (secondary N) is 1. The van der Waals surface area contributed by atoms with Gasteiger partial charge < -0.3 is 25.3 Å². The summed E-state index contributed by atoms with van der Waals surface area (Å²) in [7, 11) is 1.58. The minimum Gasteiger partial charge on any atom is -0.497 e. The number of methoxy groups -OCH3 is 1. The molecule has 0 bridgehead atoms. The minimum atomic E-state index is -0.145. The van der Waals surface area contributed by atoms with Gasteiger partial charge in [0.05, 0.1) is 12.8 Å². The number of benzene rings is 1. The Balaban J connectivity index is 2.45. The van der Waals surface area contributed by atoms with Crippen LogP contribution in [0.1, 0.15) is 5.76 Å². The van der Waals surface area contributed by atoms with Crippen molar-refractivity contribution in [3.8, 4) is 17.1 Å². The monoisotopic (exact) mass is 278 g/mol. The molecule has 0 aliphatic heterocycles. The van der Waals surface area contributed by atoms with Gasteiger partial charge in [0, 0.05) is 11.6 Å². The number of hydrogen-bond donors (Lipinski definition) is 3. The predicted octanol–water partition coefficient (Wildman–Crippen LogP) is 2.10. The van der Waals surface area contributed by atoms with Crippen molar-refractivity contribution in [1.82, 2.24) is 0 Å². The maximum absolute atomic E-state index is 9.02. The third kappa shape index (κ3) is 3.04. The van der Waals surface area contributed by atoms with Gasteiger partial charge in [-0.15, -0.1) is 0 Å². The smallest absolute Gasteiger partial charge is 0.168 e. The first-order valence-corrected chi connectivity index (χ1v) is 5.99. The van der Waals surface area contributed by atoms with Crippen LogP contribution in [0.15, 0.2) is 34.7 Å². The van der Waals surface area contributed by atoms with E-state index in [2.05, 4.69) is 5.32 Å². The lowest BCUT2D eigenvalue weighted by molar-refractivity contribution is 0.248. The summed E-state index contributed by atoms with van der Waals surface area (Å²) in [5, 5.41) is 12.1. The second-order valence-electron chi connectivity index (χ2n) is 3.82. The van der Waals surface area contributed by atoms with E-state index >= 15 is 0 Å². The van der Waals surface area contributed by atoms with Crippen molar-refractivity contribution in [2.24, 2.45) is 5.73 Å². The molecule has 2 rings (SSSR count). The fraction of sp³-hybridized carbons (Fsp3) is 0.154. The lowest BCUT2D eigenvalue weighted by atomic mass is 10.1. The van der Waals surface area contributed by atoms with Gasteiger partial charge in [-0.2, -0.15) is 0 Å². The Hall–Kier alpha value is -2.05. The predicted molar refractivity (Wildman–Crippen MR) is 77.0 cm³/mol. The summed E-state index contributed by atoms with van der Waals surface area (Å²) in [6.07, 6.45) is 0. The zero-order chi connectivity index (χ0) is 13.8. The Bertz CT molecular complexity index is 595. The van der Waals surface area contributed by atoms with Crippen LogP contribution in [-0.2, 0) is 6.61 Å². The van der Waals surface area contributed by atoms with E-state index in [4.69, 9.17) is 32.2 Å². The molecule has 2 aromatic rings. The fourth-order valence-electron chi connectivity index (χ4n) is 1.71. The summed E-state index contributed by atoms with van der Waals surface area (Å²) < 4.78 is 10.7. The van der Waals surface area contributed by atoms with Crippen LogP contribution in [0.25, 0.3) is 11.3 Å². The van der Waals surface area contributed by atoms with E-state index in [-0.39, 0.29) is 11.7 Å². The van der Waals surface area contributed by atoms with Gasteiger partial charge in [-0.1, -0.05) is 0 Å². The van der Waals surface area contributed by atoms with E-state index in [1.165, 1.54) is 0 Å². The molecule has 0 atom stereocenters. The number of nitrogens with two attached hydrogens (primary N) is 1. The molecule has 0 aliphatic rings. The summed E-state index contributed by atoms with van der Waals surface area (Å²) in [6.45, 7) is -0.145. The van der Waals surface area contributed by atoms with Gasteiger partial charge in [-0.25, -0.2) is 0 Å². The molecule has 0 unspecified atom stereocenters. The molecule has 1 heterocycles. The zero-order valence-electron chi connectivity index (χ0n) is 10.3. The van der Waals surface area contributed by atoms with Crippen LogP contribution in [0.3, 0.4) is 0 Å². The van der Waals surface area contributed by atoms with Gasteiger partial charge in [-0.05, 0) is 36.5 Å². The molecular formula is C13H14N2O3S. The van der Waals surface area contributed by atoms with E-state index in [0.717, 1.165) is 5.56 Å². The van der Waals surface area contributed by atoms with E-state index in [0.29, 0.717) is 23.0 Å². The van der Waals surface area contributed by atoms with Crippen molar-refractivity contribution in [3.63, 3.8) is 0 Å². The summed E-state index contributed by atoms with van der Waals surface area (Å²) in [6, 6.07) is 8.90. The van der Waals surface area contributed by atoms with Crippen LogP contribution >= 0.6 is 12.2 Å². The number of furan rings is 1. The Kier molecular flexibility index (Phi) is 4.03. The van der Waals surface area contributed by atoms with Crippen molar-refractivity contribution >= 4 is 23.0 Å². The number of thiocarbonyl (C=S) groups is 1. The molecule has 19 heavy (non-hydrogen) atoms. The van der Waals surface area contributed by atoms with Gasteiger partial charge in [0.2, 0.25) is 0 Å². The van der Waals surface area contributed by atoms with Crippen LogP contribution in [0.5, 0.6) is 5.75 Å². The van der Waals surface area contributed by atoms with Gasteiger partial charge in [-0.3, -0.25) is 0 Å². The Labute approximate surface area is 116 Å². The molecule has 4 N–H and O–H groups in total. The summed E-state index contributed by atoms with van der Waals surface area (Å²) in [5.74, 6) is 1.79. The first kappa shape index (κ1) is 13.4. The fourth-order valence-corrected chi connectivity index (χ4v) is 1.82. The van der Waals surface area contributed by atoms with Crippen LogP contribution in [0.2, 0.25) is 0 Å². The number of anilines is 1. The highest BCUT2D eigenvalue weighted by Gasteiger charge is 2.11. The van der Waals surface area contributed by atoms with Crippen LogP contribution < -0.4 is 15.8 Å². The van der Waals surface area contributed by atoms with Crippen LogP contribution in [0, 0.1) is 0 Å². The lowest BCUT2D eigenvalue weighted by Gasteiger charge is -2.11. The topological polar surface area (TPSA) is 80.7 Å². The van der Waals surface area contributed by atoms with E-state index in [1.807, 2.05) is 6.07 Å². The van der Waals surface area contributed by atoms with Gasteiger partial charge >= 0.3 is 0 Å². The number of rotatable bonds is 4. The lowest BCUT2D eigenvalue weighted by Crippen LogP contribution is -2.19. The van der Waals surface area contributed by atoms with Crippen molar-refractivity contribution in [1.29, 1.82) is 0 Å². The maximum atomic E-state index is 9.02. The van der Waals surface area contributed by atoms with Gasteiger partial charge in [0.15, 0.2) is 5.11 Å². The summed E-state index contributed by atoms with van der Waals surface area (Å²) in [4.78, 5) is 0. The van der Waals surface area contributed by atoms with Gasteiger partial charge in [0.1, 0.15) is 23.9 Å². The van der Waals surface area contributed by atoms with Crippen molar-refractivity contribution < 1.29 is 14.3 Å². The first-order chi connectivity index (χ1) is 9.13. The number of hydrogen-bond acceptors (Lipinski definition) is 4. The Morgan fingerprint density at radius 3 is 2.79 bits per heavy atom. The quantitative estimate of drug-likeness (QED) is 0.743. The zero-order valence-corrected chi connectivity index (χ0v) is 11.2. The Morgan fingerprint density at radius 1 is 1.42 bits per heavy atom. The van der Waals surface area contributed by atoms with Crippen molar-refractivity contribution in [3.05, 3.63) is 36.1 Å². The third-order valence-electron chi connectivity index (χ3n) is 2.57. The van der Waals surface area contributed by atoms with Crippen LogP contribution in [-0.4, -0.2) is 17.3 Å². The molecule has 0 amide bonds. The average Bonchev–Trinajstić information content (AvgIpc) is 2.86. The normalized spacial score (nSPS) is 10.2. The average molecular weight is 278 g/mol. The van der Waals surface area contributed by atoms with E-state index in [9.17, 15) is 0 Å². The number of aliphatic hydroxyl groups excluding tert-OH is 1. The largest absolute Gasteiger partial charge is 0.497 e. The molecular weight excluding hydrogens is 264 g/mol. The Morgan fingerprint density at radius 2 is 2.21 bits per heavy atom. The number of ether oxygens (including phenoxy) is 1. The number of aliphatic hydroxyl groups is 1. The molecule has 0 saturated heterocycles. The highest BCUT2D eigenvalue weighted by atomic mass is 32.1. The standard InChI is InChI=1S/C13H14N2O3S/c1-17-8-2-4-10(11(6-8)15-13(14)19)12-5-3-9(7-16)18-12/h2-6,16H,7H2,1H3,(H3,14,15,19). The molecule has 0 saturated carbocycles. The molecule has 0 fully saturated rings. The first-order valence-electron chi connectivity index (χ1n) is 5.58. The summed E-state index contributed by atoms with van der Waals surface area (Å²) >= 11 is 4.85. The highest BCUT2D eigenvalue weighted by molar-refractivity contribution is 7.80. The minimum absolute atomic E-state index is 0.145. The van der Waals surface area contributed by atoms with Gasteiger partial charge in [0.25, 0.3) is 0 Å². The van der Waals surface area contributed by atoms with E-state index in [1.54, 1.807) is 31.4 Å². The van der Waals surface area contributed by atoms with Crippen molar-refractivity contribution in [2.45, 2.75) is 6.61 Å². The summed E-state index contributed by atoms with van der Waals surface area (Å²) in [5.41, 5.74) is 6.97. The van der Waals surface area contributed by atoms with E-state index < -0.39 is 0 Å². The van der Waals surface area contributed by atoms with Crippen molar-refractivity contribution in [2.75, 3.05) is 12.4 Å². The molecule has 6 heteroatoms. The maximum Gasteiger partial charge on any atom is 0.168 e.